The lowest BCUT2D eigenvalue weighted by Crippen LogP contribution is -2.07. The minimum absolute atomic E-state index is 1.04. The Hall–Kier alpha value is -0.580. The molecule has 1 aromatic rings. The van der Waals surface area contributed by atoms with Crippen LogP contribution in [0.4, 0.5) is 5.69 Å². The third-order valence-electron chi connectivity index (χ3n) is 1.59. The molecule has 0 fully saturated rings. The zero-order chi connectivity index (χ0) is 9.84. The Kier molecular flexibility index (Phi) is 3.71. The van der Waals surface area contributed by atoms with Gasteiger partial charge in [-0.3, -0.25) is 0 Å². The average molecular weight is 288 g/mol. The summed E-state index contributed by atoms with van der Waals surface area (Å²) in [5.74, 6) is 0. The van der Waals surface area contributed by atoms with Gasteiger partial charge in [0.2, 0.25) is 0 Å². The van der Waals surface area contributed by atoms with Crippen molar-refractivity contribution in [1.82, 2.24) is 4.90 Å². The van der Waals surface area contributed by atoms with Crippen LogP contribution < -0.4 is 0 Å². The van der Waals surface area contributed by atoms with Crippen LogP contribution in [-0.2, 0) is 0 Å². The van der Waals surface area contributed by atoms with Crippen molar-refractivity contribution in [1.29, 1.82) is 0 Å². The number of benzene rings is 1. The van der Waals surface area contributed by atoms with Crippen LogP contribution in [0, 0.1) is 10.5 Å². The third-order valence-corrected chi connectivity index (χ3v) is 2.26. The molecular formula is C10H13IN2. The van der Waals surface area contributed by atoms with E-state index in [2.05, 4.69) is 46.6 Å². The van der Waals surface area contributed by atoms with Crippen molar-refractivity contribution in [3.63, 3.8) is 0 Å². The molecule has 0 atom stereocenters. The summed E-state index contributed by atoms with van der Waals surface area (Å²) < 4.78 is 1.25. The summed E-state index contributed by atoms with van der Waals surface area (Å²) in [6, 6.07) is 6.23. The van der Waals surface area contributed by atoms with E-state index in [1.807, 2.05) is 31.4 Å². The Labute approximate surface area is 92.8 Å². The molecule has 0 N–H and O–H groups in total. The van der Waals surface area contributed by atoms with Crippen LogP contribution in [0.2, 0.25) is 0 Å². The van der Waals surface area contributed by atoms with Gasteiger partial charge in [-0.15, -0.1) is 0 Å². The smallest absolute Gasteiger partial charge is 0.0907 e. The summed E-state index contributed by atoms with van der Waals surface area (Å²) in [5.41, 5.74) is 2.25. The second kappa shape index (κ2) is 4.60. The minimum Gasteiger partial charge on any atom is -0.369 e. The highest BCUT2D eigenvalue weighted by atomic mass is 127. The molecule has 0 saturated heterocycles. The van der Waals surface area contributed by atoms with Gasteiger partial charge >= 0.3 is 0 Å². The number of hydrogen-bond donors (Lipinski definition) is 0. The van der Waals surface area contributed by atoms with E-state index in [0.29, 0.717) is 0 Å². The summed E-state index contributed by atoms with van der Waals surface area (Å²) >= 11 is 2.30. The molecule has 0 heterocycles. The zero-order valence-corrected chi connectivity index (χ0v) is 10.2. The second-order valence-corrected chi connectivity index (χ2v) is 4.38. The zero-order valence-electron chi connectivity index (χ0n) is 8.08. The van der Waals surface area contributed by atoms with Crippen molar-refractivity contribution >= 4 is 34.6 Å². The maximum absolute atomic E-state index is 4.34. The van der Waals surface area contributed by atoms with E-state index < -0.39 is 0 Å². The Bertz CT molecular complexity index is 319. The lowest BCUT2D eigenvalue weighted by atomic mass is 10.2. The first kappa shape index (κ1) is 10.5. The summed E-state index contributed by atoms with van der Waals surface area (Å²) in [6.45, 7) is 2.07. The topological polar surface area (TPSA) is 15.6 Å². The molecule has 1 rings (SSSR count). The molecule has 0 radical (unpaired) electrons. The number of hydrogen-bond acceptors (Lipinski definition) is 1. The number of aliphatic imine (C=N–C) groups is 1. The summed E-state index contributed by atoms with van der Waals surface area (Å²) in [6.07, 6.45) is 1.81. The predicted molar refractivity (Wildman–Crippen MR) is 65.7 cm³/mol. The van der Waals surface area contributed by atoms with Crippen molar-refractivity contribution < 1.29 is 0 Å². The standard InChI is InChI=1S/C10H13IN2/c1-8-6-9(11)4-5-10(8)12-7-13(2)3/h4-7H,1-3H3/b12-7+. The maximum atomic E-state index is 4.34. The van der Waals surface area contributed by atoms with Gasteiger partial charge < -0.3 is 4.90 Å². The first-order valence-corrected chi connectivity index (χ1v) is 5.14. The molecule has 0 amide bonds. The van der Waals surface area contributed by atoms with Gasteiger partial charge in [0.25, 0.3) is 0 Å². The van der Waals surface area contributed by atoms with Gasteiger partial charge in [0, 0.05) is 17.7 Å². The van der Waals surface area contributed by atoms with Crippen molar-refractivity contribution in [2.75, 3.05) is 14.1 Å². The van der Waals surface area contributed by atoms with E-state index in [1.54, 1.807) is 0 Å². The Balaban J connectivity index is 2.90. The van der Waals surface area contributed by atoms with E-state index in [-0.39, 0.29) is 0 Å². The molecule has 0 bridgehead atoms. The molecule has 2 nitrogen and oxygen atoms in total. The highest BCUT2D eigenvalue weighted by Gasteiger charge is 1.95. The van der Waals surface area contributed by atoms with Crippen LogP contribution in [0.3, 0.4) is 0 Å². The Morgan fingerprint density at radius 2 is 2.08 bits per heavy atom. The lowest BCUT2D eigenvalue weighted by molar-refractivity contribution is 0.643. The second-order valence-electron chi connectivity index (χ2n) is 3.14. The molecule has 1 aromatic carbocycles. The van der Waals surface area contributed by atoms with Crippen LogP contribution in [0.15, 0.2) is 23.2 Å². The summed E-state index contributed by atoms with van der Waals surface area (Å²) in [7, 11) is 3.93. The van der Waals surface area contributed by atoms with E-state index in [9.17, 15) is 0 Å². The molecule has 0 spiro atoms. The summed E-state index contributed by atoms with van der Waals surface area (Å²) in [4.78, 5) is 6.27. The molecular weight excluding hydrogens is 275 g/mol. The molecule has 0 aliphatic heterocycles. The molecule has 3 heteroatoms. The van der Waals surface area contributed by atoms with Gasteiger partial charge in [-0.05, 0) is 53.3 Å². The Morgan fingerprint density at radius 3 is 2.62 bits per heavy atom. The predicted octanol–water partition coefficient (Wildman–Crippen LogP) is 2.82. The van der Waals surface area contributed by atoms with Gasteiger partial charge in [0.1, 0.15) is 0 Å². The summed E-state index contributed by atoms with van der Waals surface area (Å²) in [5, 5.41) is 0. The monoisotopic (exact) mass is 288 g/mol. The quantitative estimate of drug-likeness (QED) is 0.464. The number of rotatable bonds is 2. The first-order valence-electron chi connectivity index (χ1n) is 4.06. The molecule has 0 aliphatic carbocycles. The normalized spacial score (nSPS) is 10.8. The highest BCUT2D eigenvalue weighted by molar-refractivity contribution is 14.1. The van der Waals surface area contributed by atoms with E-state index in [4.69, 9.17) is 0 Å². The van der Waals surface area contributed by atoms with Crippen molar-refractivity contribution in [3.05, 3.63) is 27.3 Å². The van der Waals surface area contributed by atoms with Crippen molar-refractivity contribution in [3.8, 4) is 0 Å². The largest absolute Gasteiger partial charge is 0.369 e. The lowest BCUT2D eigenvalue weighted by Gasteiger charge is -2.04. The molecule has 70 valence electrons. The molecule has 0 aliphatic rings. The van der Waals surface area contributed by atoms with Crippen LogP contribution in [0.5, 0.6) is 0 Å². The number of halogens is 1. The number of aryl methyl sites for hydroxylation is 1. The van der Waals surface area contributed by atoms with Crippen LogP contribution in [0.25, 0.3) is 0 Å². The van der Waals surface area contributed by atoms with Crippen molar-refractivity contribution in [2.24, 2.45) is 4.99 Å². The van der Waals surface area contributed by atoms with E-state index in [1.165, 1.54) is 9.13 Å². The first-order chi connectivity index (χ1) is 6.09. The van der Waals surface area contributed by atoms with Gasteiger partial charge in [0.15, 0.2) is 0 Å². The van der Waals surface area contributed by atoms with Crippen molar-refractivity contribution in [2.45, 2.75) is 6.92 Å². The van der Waals surface area contributed by atoms with Gasteiger partial charge in [-0.2, -0.15) is 0 Å². The fourth-order valence-electron chi connectivity index (χ4n) is 0.941. The van der Waals surface area contributed by atoms with E-state index >= 15 is 0 Å². The maximum Gasteiger partial charge on any atom is 0.0907 e. The van der Waals surface area contributed by atoms with Gasteiger partial charge in [-0.25, -0.2) is 4.99 Å². The third kappa shape index (κ3) is 3.34. The Morgan fingerprint density at radius 1 is 1.38 bits per heavy atom. The SMILES string of the molecule is Cc1cc(I)ccc1/N=C/N(C)C. The minimum atomic E-state index is 1.04. The average Bonchev–Trinajstić information content (AvgIpc) is 2.02. The molecule has 0 aromatic heterocycles. The van der Waals surface area contributed by atoms with Gasteiger partial charge in [-0.1, -0.05) is 0 Å². The van der Waals surface area contributed by atoms with E-state index in [0.717, 1.165) is 5.69 Å². The van der Waals surface area contributed by atoms with Crippen LogP contribution in [-0.4, -0.2) is 25.3 Å². The highest BCUT2D eigenvalue weighted by Crippen LogP contribution is 2.19. The molecule has 13 heavy (non-hydrogen) atoms. The molecule has 0 saturated carbocycles. The van der Waals surface area contributed by atoms with Crippen LogP contribution in [0.1, 0.15) is 5.56 Å². The fourth-order valence-corrected chi connectivity index (χ4v) is 1.59. The number of nitrogens with zero attached hydrogens (tertiary/aromatic N) is 2. The fraction of sp³-hybridized carbons (Fsp3) is 0.300. The van der Waals surface area contributed by atoms with Gasteiger partial charge in [0.05, 0.1) is 12.0 Å². The molecule has 0 unspecified atom stereocenters. The van der Waals surface area contributed by atoms with Crippen LogP contribution >= 0.6 is 22.6 Å².